The molecule has 0 aliphatic rings. The summed E-state index contributed by atoms with van der Waals surface area (Å²) in [6.45, 7) is 6.14. The third kappa shape index (κ3) is 2.44. The van der Waals surface area contributed by atoms with E-state index in [4.69, 9.17) is 0 Å². The zero-order valence-corrected chi connectivity index (χ0v) is 10.4. The Bertz CT molecular complexity index is 515. The van der Waals surface area contributed by atoms with Gasteiger partial charge in [-0.3, -0.25) is 0 Å². The lowest BCUT2D eigenvalue weighted by atomic mass is 10.0. The number of H-pyrrole nitrogens is 1. The molecule has 0 aliphatic carbocycles. The van der Waals surface area contributed by atoms with Gasteiger partial charge in [-0.25, -0.2) is 0 Å². The van der Waals surface area contributed by atoms with E-state index in [1.165, 1.54) is 0 Å². The van der Waals surface area contributed by atoms with Crippen LogP contribution < -0.4 is 5.32 Å². The first kappa shape index (κ1) is 11.6. The number of rotatable bonds is 3. The maximum absolute atomic E-state index is 9.91. The largest absolute Gasteiger partial charge is 0.508 e. The fourth-order valence-electron chi connectivity index (χ4n) is 1.85. The standard InChI is InChI=1S/C14H18N2O/c1-9(2)12-5-4-11(8-14(12)17)16-13-6-7-15-10(13)3/h4-9,15-17H,1-3H3. The van der Waals surface area contributed by atoms with Gasteiger partial charge in [0.05, 0.1) is 5.69 Å². The molecule has 0 radical (unpaired) electrons. The van der Waals surface area contributed by atoms with Crippen LogP contribution in [-0.2, 0) is 0 Å². The highest BCUT2D eigenvalue weighted by molar-refractivity contribution is 5.64. The van der Waals surface area contributed by atoms with Crippen molar-refractivity contribution >= 4 is 11.4 Å². The average Bonchev–Trinajstić information content (AvgIpc) is 2.64. The normalized spacial score (nSPS) is 10.8. The Balaban J connectivity index is 2.24. The van der Waals surface area contributed by atoms with Crippen molar-refractivity contribution in [3.05, 3.63) is 41.7 Å². The van der Waals surface area contributed by atoms with Crippen LogP contribution in [0.4, 0.5) is 11.4 Å². The Morgan fingerprint density at radius 3 is 2.53 bits per heavy atom. The highest BCUT2D eigenvalue weighted by atomic mass is 16.3. The number of phenols is 1. The molecule has 3 heteroatoms. The first-order chi connectivity index (χ1) is 8.08. The molecule has 3 N–H and O–H groups in total. The molecule has 1 aromatic heterocycles. The van der Waals surface area contributed by atoms with Crippen molar-refractivity contribution < 1.29 is 5.11 Å². The third-order valence-electron chi connectivity index (χ3n) is 2.89. The molecule has 0 spiro atoms. The van der Waals surface area contributed by atoms with Crippen molar-refractivity contribution in [3.63, 3.8) is 0 Å². The number of anilines is 2. The molecule has 1 aromatic carbocycles. The monoisotopic (exact) mass is 230 g/mol. The Hall–Kier alpha value is -1.90. The van der Waals surface area contributed by atoms with Crippen molar-refractivity contribution in [2.24, 2.45) is 0 Å². The third-order valence-corrected chi connectivity index (χ3v) is 2.89. The van der Waals surface area contributed by atoms with Crippen LogP contribution in [0.25, 0.3) is 0 Å². The van der Waals surface area contributed by atoms with Crippen molar-refractivity contribution in [2.45, 2.75) is 26.7 Å². The summed E-state index contributed by atoms with van der Waals surface area (Å²) in [7, 11) is 0. The highest BCUT2D eigenvalue weighted by Crippen LogP contribution is 2.29. The minimum atomic E-state index is 0.332. The lowest BCUT2D eigenvalue weighted by molar-refractivity contribution is 0.465. The van der Waals surface area contributed by atoms with Gasteiger partial charge in [0.2, 0.25) is 0 Å². The summed E-state index contributed by atoms with van der Waals surface area (Å²) in [4.78, 5) is 3.11. The molecule has 1 heterocycles. The topological polar surface area (TPSA) is 48.0 Å². The SMILES string of the molecule is Cc1[nH]ccc1Nc1ccc(C(C)C)c(O)c1. The summed E-state index contributed by atoms with van der Waals surface area (Å²) in [6, 6.07) is 7.69. The van der Waals surface area contributed by atoms with Gasteiger partial charge in [-0.1, -0.05) is 19.9 Å². The van der Waals surface area contributed by atoms with Crippen LogP contribution in [0.3, 0.4) is 0 Å². The molecule has 0 aliphatic heterocycles. The molecule has 2 aromatic rings. The number of aromatic nitrogens is 1. The molecule has 17 heavy (non-hydrogen) atoms. The lowest BCUT2D eigenvalue weighted by Gasteiger charge is -2.11. The maximum atomic E-state index is 9.91. The van der Waals surface area contributed by atoms with E-state index in [1.54, 1.807) is 6.07 Å². The number of hydrogen-bond donors (Lipinski definition) is 3. The van der Waals surface area contributed by atoms with E-state index in [0.717, 1.165) is 22.6 Å². The number of aromatic hydroxyl groups is 1. The molecule has 0 unspecified atom stereocenters. The van der Waals surface area contributed by atoms with E-state index in [1.807, 2.05) is 31.3 Å². The number of aryl methyl sites for hydroxylation is 1. The fraction of sp³-hybridized carbons (Fsp3) is 0.286. The maximum Gasteiger partial charge on any atom is 0.121 e. The molecular weight excluding hydrogens is 212 g/mol. The summed E-state index contributed by atoms with van der Waals surface area (Å²) in [6.07, 6.45) is 1.89. The molecule has 0 saturated heterocycles. The van der Waals surface area contributed by atoms with E-state index in [-0.39, 0.29) is 0 Å². The van der Waals surface area contributed by atoms with Gasteiger partial charge in [0.1, 0.15) is 5.75 Å². The zero-order valence-electron chi connectivity index (χ0n) is 10.4. The highest BCUT2D eigenvalue weighted by Gasteiger charge is 2.07. The molecule has 2 rings (SSSR count). The Labute approximate surface area is 102 Å². The number of aromatic amines is 1. The zero-order chi connectivity index (χ0) is 12.4. The predicted molar refractivity (Wildman–Crippen MR) is 71.0 cm³/mol. The van der Waals surface area contributed by atoms with E-state index >= 15 is 0 Å². The van der Waals surface area contributed by atoms with Crippen LogP contribution >= 0.6 is 0 Å². The number of benzene rings is 1. The second kappa shape index (κ2) is 4.53. The van der Waals surface area contributed by atoms with E-state index in [2.05, 4.69) is 24.1 Å². The van der Waals surface area contributed by atoms with Crippen LogP contribution in [0.15, 0.2) is 30.5 Å². The lowest BCUT2D eigenvalue weighted by Crippen LogP contribution is -1.93. The minimum absolute atomic E-state index is 0.332. The molecule has 0 bridgehead atoms. The predicted octanol–water partition coefficient (Wildman–Crippen LogP) is 3.90. The minimum Gasteiger partial charge on any atom is -0.508 e. The Morgan fingerprint density at radius 1 is 1.24 bits per heavy atom. The van der Waals surface area contributed by atoms with E-state index in [0.29, 0.717) is 11.7 Å². The molecule has 0 atom stereocenters. The quantitative estimate of drug-likeness (QED) is 0.749. The summed E-state index contributed by atoms with van der Waals surface area (Å²) < 4.78 is 0. The number of phenolic OH excluding ortho intramolecular Hbond substituents is 1. The summed E-state index contributed by atoms with van der Waals surface area (Å²) in [5, 5.41) is 13.2. The average molecular weight is 230 g/mol. The van der Waals surface area contributed by atoms with Crippen LogP contribution in [0.1, 0.15) is 31.0 Å². The van der Waals surface area contributed by atoms with Gasteiger partial charge < -0.3 is 15.4 Å². The Morgan fingerprint density at radius 2 is 2.00 bits per heavy atom. The van der Waals surface area contributed by atoms with Crippen LogP contribution in [-0.4, -0.2) is 10.1 Å². The van der Waals surface area contributed by atoms with Crippen LogP contribution in [0, 0.1) is 6.92 Å². The first-order valence-electron chi connectivity index (χ1n) is 5.82. The summed E-state index contributed by atoms with van der Waals surface area (Å²) in [5.41, 5.74) is 3.98. The number of hydrogen-bond acceptors (Lipinski definition) is 2. The first-order valence-corrected chi connectivity index (χ1v) is 5.82. The second-order valence-electron chi connectivity index (χ2n) is 4.57. The van der Waals surface area contributed by atoms with Crippen LogP contribution in [0.5, 0.6) is 5.75 Å². The molecular formula is C14H18N2O. The molecule has 0 saturated carbocycles. The van der Waals surface area contributed by atoms with E-state index in [9.17, 15) is 5.11 Å². The molecule has 0 amide bonds. The van der Waals surface area contributed by atoms with Crippen molar-refractivity contribution in [1.29, 1.82) is 0 Å². The second-order valence-corrected chi connectivity index (χ2v) is 4.57. The fourth-order valence-corrected chi connectivity index (χ4v) is 1.85. The molecule has 3 nitrogen and oxygen atoms in total. The van der Waals surface area contributed by atoms with Crippen molar-refractivity contribution in [2.75, 3.05) is 5.32 Å². The molecule has 0 fully saturated rings. The van der Waals surface area contributed by atoms with E-state index < -0.39 is 0 Å². The summed E-state index contributed by atoms with van der Waals surface area (Å²) >= 11 is 0. The van der Waals surface area contributed by atoms with Gasteiger partial charge in [-0.15, -0.1) is 0 Å². The van der Waals surface area contributed by atoms with Crippen molar-refractivity contribution in [3.8, 4) is 5.75 Å². The van der Waals surface area contributed by atoms with Crippen molar-refractivity contribution in [1.82, 2.24) is 4.98 Å². The van der Waals surface area contributed by atoms with Gasteiger partial charge in [0, 0.05) is 23.6 Å². The summed E-state index contributed by atoms with van der Waals surface area (Å²) in [5.74, 6) is 0.677. The van der Waals surface area contributed by atoms with Gasteiger partial charge >= 0.3 is 0 Å². The Kier molecular flexibility index (Phi) is 3.09. The molecule has 90 valence electrons. The van der Waals surface area contributed by atoms with Gasteiger partial charge in [-0.05, 0) is 30.5 Å². The van der Waals surface area contributed by atoms with Gasteiger partial charge in [0.25, 0.3) is 0 Å². The van der Waals surface area contributed by atoms with Crippen LogP contribution in [0.2, 0.25) is 0 Å². The van der Waals surface area contributed by atoms with Gasteiger partial charge in [0.15, 0.2) is 0 Å². The smallest absolute Gasteiger partial charge is 0.121 e. The van der Waals surface area contributed by atoms with Gasteiger partial charge in [-0.2, -0.15) is 0 Å². The number of nitrogens with one attached hydrogen (secondary N) is 2.